The zero-order valence-electron chi connectivity index (χ0n) is 11.3. The molecule has 0 radical (unpaired) electrons. The lowest BCUT2D eigenvalue weighted by Gasteiger charge is -2.02. The van der Waals surface area contributed by atoms with E-state index in [4.69, 9.17) is 0 Å². The van der Waals surface area contributed by atoms with Gasteiger partial charge in [0.05, 0.1) is 0 Å². The van der Waals surface area contributed by atoms with Crippen LogP contribution in [0, 0.1) is 5.82 Å². The number of hydrogen-bond donors (Lipinski definition) is 1. The molecular formula is C17H15ClFNO. The van der Waals surface area contributed by atoms with Crippen LogP contribution >= 0.6 is 0 Å². The number of nitrogens with zero attached hydrogens (tertiary/aromatic N) is 1. The molecular weight excluding hydrogens is 289 g/mol. The molecule has 3 rings (SSSR count). The van der Waals surface area contributed by atoms with Crippen molar-refractivity contribution in [3.05, 3.63) is 72.3 Å². The van der Waals surface area contributed by atoms with E-state index in [1.165, 1.54) is 6.07 Å². The molecule has 0 aliphatic carbocycles. The Morgan fingerprint density at radius 2 is 1.81 bits per heavy atom. The van der Waals surface area contributed by atoms with Gasteiger partial charge in [0.15, 0.2) is 18.9 Å². The molecule has 21 heavy (non-hydrogen) atoms. The van der Waals surface area contributed by atoms with Gasteiger partial charge in [-0.1, -0.05) is 24.3 Å². The van der Waals surface area contributed by atoms with Crippen molar-refractivity contribution < 1.29 is 26.5 Å². The van der Waals surface area contributed by atoms with E-state index >= 15 is 0 Å². The zero-order chi connectivity index (χ0) is 13.9. The minimum atomic E-state index is -0.161. The molecule has 0 bridgehead atoms. The maximum atomic E-state index is 13.6. The highest BCUT2D eigenvalue weighted by molar-refractivity contribution is 5.81. The number of hydrogen-bond acceptors (Lipinski definition) is 1. The molecule has 108 valence electrons. The van der Waals surface area contributed by atoms with Crippen LogP contribution in [0.15, 0.2) is 60.9 Å². The first-order valence-electron chi connectivity index (χ1n) is 6.57. The Morgan fingerprint density at radius 1 is 1.00 bits per heavy atom. The largest absolute Gasteiger partial charge is 1.00 e. The minimum Gasteiger partial charge on any atom is -1.00 e. The second-order valence-corrected chi connectivity index (χ2v) is 4.84. The lowest BCUT2D eigenvalue weighted by molar-refractivity contribution is -0.695. The predicted octanol–water partition coefficient (Wildman–Crippen LogP) is 0.219. The number of benzene rings is 2. The molecule has 4 heteroatoms. The third-order valence-corrected chi connectivity index (χ3v) is 3.42. The molecule has 2 nitrogen and oxygen atoms in total. The second kappa shape index (κ2) is 6.55. The summed E-state index contributed by atoms with van der Waals surface area (Å²) in [7, 11) is 0. The van der Waals surface area contributed by atoms with Crippen LogP contribution in [0.3, 0.4) is 0 Å². The molecule has 0 fully saturated rings. The summed E-state index contributed by atoms with van der Waals surface area (Å²) in [6.07, 6.45) is 4.58. The molecule has 1 heterocycles. The summed E-state index contributed by atoms with van der Waals surface area (Å²) in [6, 6.07) is 14.1. The molecule has 3 aromatic rings. The summed E-state index contributed by atoms with van der Waals surface area (Å²) in [5.41, 5.74) is 0.719. The smallest absolute Gasteiger partial charge is 0.176 e. The minimum absolute atomic E-state index is 0. The third kappa shape index (κ3) is 3.50. The van der Waals surface area contributed by atoms with Gasteiger partial charge < -0.3 is 17.5 Å². The average molecular weight is 304 g/mol. The zero-order valence-corrected chi connectivity index (χ0v) is 12.1. The Bertz CT molecular complexity index is 761. The number of aryl methyl sites for hydroxylation is 2. The van der Waals surface area contributed by atoms with Gasteiger partial charge in [0.1, 0.15) is 11.6 Å². The van der Waals surface area contributed by atoms with Gasteiger partial charge in [-0.05, 0) is 29.1 Å². The molecule has 1 N–H and O–H groups in total. The maximum absolute atomic E-state index is 13.6. The van der Waals surface area contributed by atoms with E-state index in [-0.39, 0.29) is 24.0 Å². The summed E-state index contributed by atoms with van der Waals surface area (Å²) < 4.78 is 15.6. The molecule has 0 spiro atoms. The molecule has 0 aliphatic heterocycles. The van der Waals surface area contributed by atoms with Crippen LogP contribution in [0.2, 0.25) is 0 Å². The second-order valence-electron chi connectivity index (χ2n) is 4.84. The Balaban J connectivity index is 0.00000161. The first-order chi connectivity index (χ1) is 9.72. The summed E-state index contributed by atoms with van der Waals surface area (Å²) in [5, 5.41) is 11.6. The van der Waals surface area contributed by atoms with E-state index in [2.05, 4.69) is 0 Å². The van der Waals surface area contributed by atoms with Crippen molar-refractivity contribution >= 4 is 10.8 Å². The van der Waals surface area contributed by atoms with Gasteiger partial charge in [-0.25, -0.2) is 8.96 Å². The Kier molecular flexibility index (Phi) is 4.76. The monoisotopic (exact) mass is 303 g/mol. The number of aromatic nitrogens is 1. The van der Waals surface area contributed by atoms with Crippen LogP contribution in [-0.2, 0) is 13.0 Å². The lowest BCUT2D eigenvalue weighted by Crippen LogP contribution is -3.00. The molecule has 1 aromatic heterocycles. The first-order valence-corrected chi connectivity index (χ1v) is 6.57. The highest BCUT2D eigenvalue weighted by atomic mass is 35.5. The number of phenols is 1. The first kappa shape index (κ1) is 15.3. The maximum Gasteiger partial charge on any atom is 0.176 e. The van der Waals surface area contributed by atoms with Crippen molar-refractivity contribution in [3.63, 3.8) is 0 Å². The molecule has 0 amide bonds. The topological polar surface area (TPSA) is 24.1 Å². The summed E-state index contributed by atoms with van der Waals surface area (Å²) >= 11 is 0. The van der Waals surface area contributed by atoms with Crippen LogP contribution in [0.1, 0.15) is 5.56 Å². The number of fused-ring (bicyclic) bond motifs is 1. The van der Waals surface area contributed by atoms with Crippen molar-refractivity contribution in [3.8, 4) is 5.75 Å². The third-order valence-electron chi connectivity index (χ3n) is 3.42. The quantitative estimate of drug-likeness (QED) is 0.688. The fraction of sp³-hybridized carbons (Fsp3) is 0.118. The van der Waals surface area contributed by atoms with Crippen molar-refractivity contribution in [2.45, 2.75) is 13.0 Å². The van der Waals surface area contributed by atoms with Gasteiger partial charge in [0, 0.05) is 17.9 Å². The van der Waals surface area contributed by atoms with Crippen molar-refractivity contribution in [2.24, 2.45) is 0 Å². The molecule has 0 saturated heterocycles. The fourth-order valence-electron chi connectivity index (χ4n) is 2.31. The fourth-order valence-corrected chi connectivity index (χ4v) is 2.31. The van der Waals surface area contributed by atoms with E-state index in [1.54, 1.807) is 18.2 Å². The predicted molar refractivity (Wildman–Crippen MR) is 75.9 cm³/mol. The average Bonchev–Trinajstić information content (AvgIpc) is 2.46. The molecule has 0 atom stereocenters. The summed E-state index contributed by atoms with van der Waals surface area (Å²) in [5.74, 6) is 0.0934. The Labute approximate surface area is 128 Å². The number of pyridine rings is 1. The van der Waals surface area contributed by atoms with Crippen molar-refractivity contribution in [1.82, 2.24) is 0 Å². The number of phenolic OH excluding ortho intramolecular Hbond substituents is 1. The molecule has 0 saturated carbocycles. The van der Waals surface area contributed by atoms with E-state index in [1.807, 2.05) is 41.2 Å². The van der Waals surface area contributed by atoms with Gasteiger partial charge in [0.25, 0.3) is 0 Å². The lowest BCUT2D eigenvalue weighted by atomic mass is 10.1. The standard InChI is InChI=1S/C17H14FNO.ClH/c18-17-4-2-1-3-14(17)8-10-19-9-7-13-5-6-16(20)11-15(13)12-19;/h1-7,9,11-12H,8,10H2;1H. The Hall–Kier alpha value is -2.13. The van der Waals surface area contributed by atoms with Crippen molar-refractivity contribution in [2.75, 3.05) is 0 Å². The van der Waals surface area contributed by atoms with Crippen molar-refractivity contribution in [1.29, 1.82) is 0 Å². The van der Waals surface area contributed by atoms with Crippen LogP contribution in [-0.4, -0.2) is 5.11 Å². The van der Waals surface area contributed by atoms with Crippen LogP contribution in [0.25, 0.3) is 10.8 Å². The summed E-state index contributed by atoms with van der Waals surface area (Å²) in [6.45, 7) is 0.701. The van der Waals surface area contributed by atoms with E-state index < -0.39 is 0 Å². The summed E-state index contributed by atoms with van der Waals surface area (Å²) in [4.78, 5) is 0. The Morgan fingerprint density at radius 3 is 2.62 bits per heavy atom. The van der Waals surface area contributed by atoms with E-state index in [0.717, 1.165) is 16.3 Å². The highest BCUT2D eigenvalue weighted by Crippen LogP contribution is 2.17. The van der Waals surface area contributed by atoms with Crippen LogP contribution in [0.4, 0.5) is 4.39 Å². The number of aromatic hydroxyl groups is 1. The van der Waals surface area contributed by atoms with Gasteiger partial charge >= 0.3 is 0 Å². The van der Waals surface area contributed by atoms with Crippen LogP contribution in [0.5, 0.6) is 5.75 Å². The van der Waals surface area contributed by atoms with Gasteiger partial charge in [-0.2, -0.15) is 0 Å². The van der Waals surface area contributed by atoms with Crippen LogP contribution < -0.4 is 17.0 Å². The van der Waals surface area contributed by atoms with Gasteiger partial charge in [-0.3, -0.25) is 0 Å². The number of halogens is 2. The van der Waals surface area contributed by atoms with Gasteiger partial charge in [0.2, 0.25) is 0 Å². The van der Waals surface area contributed by atoms with Gasteiger partial charge in [-0.15, -0.1) is 0 Å². The molecule has 0 unspecified atom stereocenters. The molecule has 2 aromatic carbocycles. The number of rotatable bonds is 3. The molecule has 0 aliphatic rings. The normalized spacial score (nSPS) is 10.3. The van der Waals surface area contributed by atoms with E-state index in [0.29, 0.717) is 13.0 Å². The highest BCUT2D eigenvalue weighted by Gasteiger charge is 2.07. The SMILES string of the molecule is Oc1ccc2cc[n+](CCc3ccccc3F)cc2c1.[Cl-]. The van der Waals surface area contributed by atoms with E-state index in [9.17, 15) is 9.50 Å².